The number of rotatable bonds is 0. The number of hydrogen-bond acceptors (Lipinski definition) is 2. The van der Waals surface area contributed by atoms with Crippen LogP contribution in [0.5, 0.6) is 0 Å². The third-order valence-electron chi connectivity index (χ3n) is 0.371. The van der Waals surface area contributed by atoms with Crippen LogP contribution in [0.3, 0.4) is 0 Å². The van der Waals surface area contributed by atoms with E-state index in [2.05, 4.69) is 8.78 Å². The van der Waals surface area contributed by atoms with Crippen molar-refractivity contribution in [2.75, 3.05) is 0 Å². The maximum absolute atomic E-state index is 9.76. The van der Waals surface area contributed by atoms with Crippen LogP contribution in [0.1, 0.15) is 0 Å². The van der Waals surface area contributed by atoms with E-state index in [1.54, 1.807) is 0 Å². The normalized spacial score (nSPS) is 7.11. The van der Waals surface area contributed by atoms with Gasteiger partial charge in [0.1, 0.15) is 0 Å². The average molecular weight is 166 g/mol. The fraction of sp³-hybridized carbons (Fsp3) is 0. The van der Waals surface area contributed by atoms with E-state index in [-0.39, 0.29) is 5.96 Å². The molecule has 0 radical (unpaired) electrons. The van der Waals surface area contributed by atoms with Crippen molar-refractivity contribution in [2.24, 2.45) is 20.3 Å². The van der Waals surface area contributed by atoms with Gasteiger partial charge in [-0.1, -0.05) is 0 Å². The summed E-state index contributed by atoms with van der Waals surface area (Å²) in [4.78, 5) is 3.18. The van der Waals surface area contributed by atoms with Gasteiger partial charge in [-0.2, -0.15) is 0 Å². The summed E-state index contributed by atoms with van der Waals surface area (Å²) in [5.41, 5.74) is 9.72. The number of hydrogen-bond donors (Lipinski definition) is 3. The van der Waals surface area contributed by atoms with Crippen LogP contribution in [0, 0.1) is 5.41 Å². The first-order valence-corrected chi connectivity index (χ1v) is 3.08. The molecule has 0 aliphatic rings. The van der Waals surface area contributed by atoms with Crippen molar-refractivity contribution in [3.8, 4) is 0 Å². The summed E-state index contributed by atoms with van der Waals surface area (Å²) < 4.78 is 12.9. The summed E-state index contributed by atoms with van der Waals surface area (Å²) >= 11 is -1.41. The average Bonchev–Trinajstić information content (AvgIpc) is 1.63. The van der Waals surface area contributed by atoms with E-state index in [0.717, 1.165) is 0 Å². The first-order chi connectivity index (χ1) is 4.16. The third-order valence-corrected chi connectivity index (χ3v) is 0.794. The van der Waals surface area contributed by atoms with E-state index >= 15 is 0 Å². The third kappa shape index (κ3) is 4.99. The Morgan fingerprint density at radius 3 is 2.44 bits per heavy atom. The van der Waals surface area contributed by atoms with Crippen molar-refractivity contribution in [1.29, 1.82) is 5.41 Å². The molecular weight excluding hydrogens is 161 g/mol. The van der Waals surface area contributed by atoms with Crippen molar-refractivity contribution >= 4 is 11.9 Å². The molecular formula is C2H5N5OV. The van der Waals surface area contributed by atoms with Crippen LogP contribution in [-0.2, 0) is 19.7 Å². The quantitative estimate of drug-likeness (QED) is 0.310. The Kier molecular flexibility index (Phi) is 3.65. The second-order valence-corrected chi connectivity index (χ2v) is 1.61. The van der Waals surface area contributed by atoms with E-state index in [1.807, 2.05) is 0 Å². The number of nitrogens with one attached hydrogen (secondary N) is 1. The van der Waals surface area contributed by atoms with Crippen LogP contribution in [0.4, 0.5) is 0 Å². The van der Waals surface area contributed by atoms with Gasteiger partial charge in [0.25, 0.3) is 0 Å². The predicted molar refractivity (Wildman–Crippen MR) is 26.7 cm³/mol. The van der Waals surface area contributed by atoms with Gasteiger partial charge in [0.05, 0.1) is 0 Å². The molecule has 0 atom stereocenters. The number of nitrogens with two attached hydrogens (primary N) is 2. The zero-order valence-electron chi connectivity index (χ0n) is 4.40. The van der Waals surface area contributed by atoms with Crippen molar-refractivity contribution in [2.45, 2.75) is 0 Å². The summed E-state index contributed by atoms with van der Waals surface area (Å²) in [5, 5.41) is 6.73. The molecule has 0 heterocycles. The molecule has 0 bridgehead atoms. The van der Waals surface area contributed by atoms with E-state index in [4.69, 9.17) is 16.9 Å². The van der Waals surface area contributed by atoms with Crippen LogP contribution in [-0.4, -0.2) is 11.9 Å². The zero-order valence-corrected chi connectivity index (χ0v) is 5.80. The minimum atomic E-state index is -1.41. The van der Waals surface area contributed by atoms with Gasteiger partial charge in [0.15, 0.2) is 0 Å². The van der Waals surface area contributed by atoms with Crippen molar-refractivity contribution in [3.05, 3.63) is 0 Å². The summed E-state index contributed by atoms with van der Waals surface area (Å²) in [7, 11) is 0. The molecule has 0 unspecified atom stereocenters. The summed E-state index contributed by atoms with van der Waals surface area (Å²) in [6.45, 7) is 0. The first-order valence-electron chi connectivity index (χ1n) is 1.88. The molecule has 0 aromatic heterocycles. The van der Waals surface area contributed by atoms with Gasteiger partial charge in [-0.3, -0.25) is 0 Å². The summed E-state index contributed by atoms with van der Waals surface area (Å²) in [6.07, 6.45) is 0. The van der Waals surface area contributed by atoms with Gasteiger partial charge in [0, 0.05) is 0 Å². The Labute approximate surface area is 57.9 Å². The SMILES string of the molecule is N=C([N]=[V]=[O])N=C(N)N. The summed E-state index contributed by atoms with van der Waals surface area (Å²) in [5.74, 6) is -0.650. The molecule has 49 valence electrons. The molecule has 0 aromatic carbocycles. The second-order valence-electron chi connectivity index (χ2n) is 1.04. The zero-order chi connectivity index (χ0) is 7.28. The standard InChI is InChI=1S/C2H5N5.O.V/c3-1(4)7-2(5)6;;/h(H5,3,4,5,7);;. The van der Waals surface area contributed by atoms with E-state index in [0.29, 0.717) is 0 Å². The van der Waals surface area contributed by atoms with Crippen molar-refractivity contribution in [1.82, 2.24) is 0 Å². The molecule has 5 N–H and O–H groups in total. The van der Waals surface area contributed by atoms with Crippen LogP contribution >= 0.6 is 0 Å². The molecule has 0 aliphatic carbocycles. The Morgan fingerprint density at radius 2 is 2.11 bits per heavy atom. The van der Waals surface area contributed by atoms with Gasteiger partial charge < -0.3 is 0 Å². The van der Waals surface area contributed by atoms with Gasteiger partial charge in [-0.05, 0) is 0 Å². The van der Waals surface area contributed by atoms with E-state index < -0.39 is 22.0 Å². The number of nitrogens with zero attached hydrogens (tertiary/aromatic N) is 2. The number of guanidine groups is 2. The van der Waals surface area contributed by atoms with Gasteiger partial charge in [-0.15, -0.1) is 0 Å². The molecule has 9 heavy (non-hydrogen) atoms. The number of aliphatic imine (C=N–C) groups is 1. The van der Waals surface area contributed by atoms with E-state index in [1.165, 1.54) is 0 Å². The molecule has 6 nitrogen and oxygen atoms in total. The van der Waals surface area contributed by atoms with Gasteiger partial charge >= 0.3 is 57.3 Å². The molecule has 0 aliphatic heterocycles. The molecule has 0 amide bonds. The van der Waals surface area contributed by atoms with Gasteiger partial charge in [-0.25, -0.2) is 0 Å². The van der Waals surface area contributed by atoms with Crippen LogP contribution in [0.2, 0.25) is 0 Å². The first kappa shape index (κ1) is 8.12. The Hall–Kier alpha value is -0.876. The van der Waals surface area contributed by atoms with Crippen LogP contribution < -0.4 is 11.5 Å². The topological polar surface area (TPSA) is 118 Å². The van der Waals surface area contributed by atoms with Gasteiger partial charge in [0.2, 0.25) is 0 Å². The molecule has 7 heteroatoms. The maximum atomic E-state index is 9.76. The molecule has 0 spiro atoms. The fourth-order valence-electron chi connectivity index (χ4n) is 0.183. The monoisotopic (exact) mass is 166 g/mol. The van der Waals surface area contributed by atoms with Crippen molar-refractivity contribution < 1.29 is 19.7 Å². The minimum absolute atomic E-state index is 0.251. The van der Waals surface area contributed by atoms with E-state index in [9.17, 15) is 3.67 Å². The Morgan fingerprint density at radius 1 is 1.56 bits per heavy atom. The Balaban J connectivity index is 4.08. The molecule has 0 saturated carbocycles. The summed E-state index contributed by atoms with van der Waals surface area (Å²) in [6, 6.07) is 0. The molecule has 0 rings (SSSR count). The van der Waals surface area contributed by atoms with Crippen molar-refractivity contribution in [3.63, 3.8) is 0 Å². The molecule has 0 aromatic rings. The molecule has 0 saturated heterocycles. The van der Waals surface area contributed by atoms with Crippen LogP contribution in [0.25, 0.3) is 0 Å². The van der Waals surface area contributed by atoms with Crippen LogP contribution in [0.15, 0.2) is 8.78 Å². The predicted octanol–water partition coefficient (Wildman–Crippen LogP) is -1.19. The fourth-order valence-corrected chi connectivity index (χ4v) is 0.374. The molecule has 0 fully saturated rings. The Bertz CT molecular complexity index is 187. The second kappa shape index (κ2) is 4.05.